The van der Waals surface area contributed by atoms with E-state index in [1.165, 1.54) is 45.0 Å². The molecule has 1 aromatic heterocycles. The van der Waals surface area contributed by atoms with Crippen LogP contribution in [0.15, 0.2) is 48.5 Å². The van der Waals surface area contributed by atoms with Crippen molar-refractivity contribution in [2.75, 3.05) is 19.6 Å². The number of benzene rings is 2. The van der Waals surface area contributed by atoms with Crippen molar-refractivity contribution in [2.24, 2.45) is 5.92 Å². The van der Waals surface area contributed by atoms with E-state index in [0.717, 1.165) is 37.8 Å². The molecule has 0 saturated carbocycles. The molecule has 2 heterocycles. The van der Waals surface area contributed by atoms with Gasteiger partial charge in [0.05, 0.1) is 10.6 Å². The second-order valence-corrected chi connectivity index (χ2v) is 12.8. The first-order chi connectivity index (χ1) is 16.1. The molecule has 0 radical (unpaired) electrons. The number of hydrogen-bond donors (Lipinski definition) is 2. The Labute approximate surface area is 210 Å². The van der Waals surface area contributed by atoms with Crippen LogP contribution < -0.4 is 10.6 Å². The molecule has 2 aromatic carbocycles. The Balaban J connectivity index is 1.61. The van der Waals surface area contributed by atoms with Gasteiger partial charge in [-0.3, -0.25) is 0 Å². The monoisotopic (exact) mass is 475 g/mol. The number of rotatable bonds is 6. The fourth-order valence-electron chi connectivity index (χ4n) is 4.55. The van der Waals surface area contributed by atoms with Crippen LogP contribution in [0.4, 0.5) is 0 Å². The lowest BCUT2D eigenvalue weighted by molar-refractivity contribution is 0.356. The summed E-state index contributed by atoms with van der Waals surface area (Å²) in [5, 5.41) is 8.32. The van der Waals surface area contributed by atoms with Crippen molar-refractivity contribution in [3.63, 3.8) is 0 Å². The molecule has 3 aromatic rings. The Morgan fingerprint density at radius 2 is 1.35 bits per heavy atom. The van der Waals surface area contributed by atoms with Crippen LogP contribution in [-0.2, 0) is 17.4 Å². The lowest BCUT2D eigenvalue weighted by Gasteiger charge is -2.22. The van der Waals surface area contributed by atoms with Gasteiger partial charge in [-0.05, 0) is 65.9 Å². The van der Waals surface area contributed by atoms with E-state index in [4.69, 9.17) is 4.98 Å². The summed E-state index contributed by atoms with van der Waals surface area (Å²) < 4.78 is 0. The largest absolute Gasteiger partial charge is 0.317 e. The van der Waals surface area contributed by atoms with Gasteiger partial charge in [-0.2, -0.15) is 0 Å². The summed E-state index contributed by atoms with van der Waals surface area (Å²) in [4.78, 5) is 6.41. The number of thiazole rings is 1. The van der Waals surface area contributed by atoms with Gasteiger partial charge in [0.15, 0.2) is 0 Å². The van der Waals surface area contributed by atoms with Crippen LogP contribution in [0.2, 0.25) is 0 Å². The maximum Gasteiger partial charge on any atom is 0.108 e. The smallest absolute Gasteiger partial charge is 0.108 e. The van der Waals surface area contributed by atoms with Crippen molar-refractivity contribution in [1.82, 2.24) is 15.6 Å². The molecule has 1 aliphatic heterocycles. The summed E-state index contributed by atoms with van der Waals surface area (Å²) >= 11 is 1.83. The summed E-state index contributed by atoms with van der Waals surface area (Å²) in [5.41, 5.74) is 6.57. The van der Waals surface area contributed by atoms with Crippen LogP contribution in [0.25, 0.3) is 21.7 Å². The van der Waals surface area contributed by atoms with Gasteiger partial charge < -0.3 is 10.6 Å². The normalized spacial score (nSPS) is 15.6. The SMILES string of the molecule is CC(C)(C)c1ccc(-c2nc(CNCC3CCNCC3)sc2-c2ccc(C(C)(C)C)cc2)cc1. The van der Waals surface area contributed by atoms with Crippen molar-refractivity contribution < 1.29 is 0 Å². The number of piperidine rings is 1. The Morgan fingerprint density at radius 3 is 1.88 bits per heavy atom. The van der Waals surface area contributed by atoms with Gasteiger partial charge in [0.25, 0.3) is 0 Å². The first kappa shape index (κ1) is 25.1. The highest BCUT2D eigenvalue weighted by Gasteiger charge is 2.19. The topological polar surface area (TPSA) is 37.0 Å². The van der Waals surface area contributed by atoms with Gasteiger partial charge in [0.2, 0.25) is 0 Å². The number of nitrogens with zero attached hydrogens (tertiary/aromatic N) is 1. The van der Waals surface area contributed by atoms with Crippen LogP contribution >= 0.6 is 11.3 Å². The van der Waals surface area contributed by atoms with Crippen molar-refractivity contribution in [3.8, 4) is 21.7 Å². The molecular formula is C30H41N3S. The first-order valence-electron chi connectivity index (χ1n) is 12.7. The van der Waals surface area contributed by atoms with E-state index < -0.39 is 0 Å². The van der Waals surface area contributed by atoms with E-state index in [-0.39, 0.29) is 10.8 Å². The van der Waals surface area contributed by atoms with Gasteiger partial charge in [0.1, 0.15) is 5.01 Å². The molecule has 0 amide bonds. The van der Waals surface area contributed by atoms with Crippen molar-refractivity contribution in [2.45, 2.75) is 71.8 Å². The number of aromatic nitrogens is 1. The Hall–Kier alpha value is -2.01. The summed E-state index contributed by atoms with van der Waals surface area (Å²) in [7, 11) is 0. The molecule has 34 heavy (non-hydrogen) atoms. The molecule has 2 N–H and O–H groups in total. The summed E-state index contributed by atoms with van der Waals surface area (Å²) in [6.07, 6.45) is 2.53. The van der Waals surface area contributed by atoms with Gasteiger partial charge in [0, 0.05) is 12.1 Å². The predicted octanol–water partition coefficient (Wildman–Crippen LogP) is 7.16. The van der Waals surface area contributed by atoms with Crippen molar-refractivity contribution in [3.05, 3.63) is 64.7 Å². The molecule has 4 heteroatoms. The highest BCUT2D eigenvalue weighted by atomic mass is 32.1. The molecule has 0 spiro atoms. The molecule has 0 bridgehead atoms. The molecule has 1 aliphatic rings. The fraction of sp³-hybridized carbons (Fsp3) is 0.500. The van der Waals surface area contributed by atoms with Crippen LogP contribution in [0.1, 0.15) is 70.5 Å². The van der Waals surface area contributed by atoms with Crippen LogP contribution in [0, 0.1) is 5.92 Å². The Kier molecular flexibility index (Phi) is 7.61. The van der Waals surface area contributed by atoms with E-state index in [0.29, 0.717) is 0 Å². The van der Waals surface area contributed by atoms with Crippen molar-refractivity contribution >= 4 is 11.3 Å². The maximum absolute atomic E-state index is 5.15. The standard InChI is InChI=1S/C30H41N3S/c1-29(2,3)24-11-7-22(8-12-24)27-28(23-9-13-25(14-10-23)30(4,5)6)34-26(33-27)20-32-19-21-15-17-31-18-16-21/h7-14,21,31-32H,15-20H2,1-6H3. The molecule has 0 aliphatic carbocycles. The highest BCUT2D eigenvalue weighted by molar-refractivity contribution is 7.15. The minimum absolute atomic E-state index is 0.149. The van der Waals surface area contributed by atoms with Gasteiger partial charge in [-0.15, -0.1) is 11.3 Å². The zero-order chi connectivity index (χ0) is 24.3. The predicted molar refractivity (Wildman–Crippen MR) is 148 cm³/mol. The third-order valence-corrected chi connectivity index (χ3v) is 7.98. The van der Waals surface area contributed by atoms with E-state index in [9.17, 15) is 0 Å². The van der Waals surface area contributed by atoms with Crippen LogP contribution in [0.3, 0.4) is 0 Å². The van der Waals surface area contributed by atoms with E-state index in [2.05, 4.69) is 101 Å². The third kappa shape index (κ3) is 6.16. The van der Waals surface area contributed by atoms with E-state index in [1.54, 1.807) is 0 Å². The zero-order valence-electron chi connectivity index (χ0n) is 21.8. The third-order valence-electron chi connectivity index (χ3n) is 6.88. The summed E-state index contributed by atoms with van der Waals surface area (Å²) in [5.74, 6) is 0.773. The molecule has 182 valence electrons. The molecule has 1 saturated heterocycles. The van der Waals surface area contributed by atoms with Crippen molar-refractivity contribution in [1.29, 1.82) is 0 Å². The fourth-order valence-corrected chi connectivity index (χ4v) is 5.61. The number of hydrogen-bond acceptors (Lipinski definition) is 4. The molecule has 1 fully saturated rings. The molecule has 0 atom stereocenters. The second kappa shape index (κ2) is 10.3. The minimum atomic E-state index is 0.149. The Morgan fingerprint density at radius 1 is 0.824 bits per heavy atom. The van der Waals surface area contributed by atoms with E-state index in [1.807, 2.05) is 11.3 Å². The van der Waals surface area contributed by atoms with Gasteiger partial charge >= 0.3 is 0 Å². The zero-order valence-corrected chi connectivity index (χ0v) is 22.6. The minimum Gasteiger partial charge on any atom is -0.317 e. The lowest BCUT2D eigenvalue weighted by Crippen LogP contribution is -2.33. The van der Waals surface area contributed by atoms with Crippen LogP contribution in [0.5, 0.6) is 0 Å². The molecular weight excluding hydrogens is 434 g/mol. The lowest BCUT2D eigenvalue weighted by atomic mass is 9.86. The maximum atomic E-state index is 5.15. The van der Waals surface area contributed by atoms with Crippen LogP contribution in [-0.4, -0.2) is 24.6 Å². The van der Waals surface area contributed by atoms with Gasteiger partial charge in [-0.25, -0.2) is 4.98 Å². The number of nitrogens with one attached hydrogen (secondary N) is 2. The second-order valence-electron chi connectivity index (χ2n) is 11.8. The summed E-state index contributed by atoms with van der Waals surface area (Å²) in [6, 6.07) is 18.1. The molecule has 0 unspecified atom stereocenters. The summed E-state index contributed by atoms with van der Waals surface area (Å²) in [6.45, 7) is 17.8. The average molecular weight is 476 g/mol. The quantitative estimate of drug-likeness (QED) is 0.397. The van der Waals surface area contributed by atoms with Gasteiger partial charge in [-0.1, -0.05) is 90.1 Å². The van der Waals surface area contributed by atoms with E-state index >= 15 is 0 Å². The Bertz CT molecular complexity index is 985. The highest BCUT2D eigenvalue weighted by Crippen LogP contribution is 2.38. The average Bonchev–Trinajstić information content (AvgIpc) is 3.23. The molecule has 4 rings (SSSR count). The molecule has 3 nitrogen and oxygen atoms in total. The first-order valence-corrected chi connectivity index (χ1v) is 13.6.